The fourth-order valence-electron chi connectivity index (χ4n) is 2.70. The smallest absolute Gasteiger partial charge is 0.305 e. The molecule has 1 aliphatic heterocycles. The number of carboxylic acids is 1. The number of amides is 1. The molecule has 120 valence electrons. The highest BCUT2D eigenvalue weighted by atomic mass is 79.9. The van der Waals surface area contributed by atoms with Crippen LogP contribution in [0.15, 0.2) is 16.6 Å². The number of carbonyl (C=O) groups is 2. The standard InChI is InChI=1S/C15H17BrClNO4/c1-8-3-9(4-12(17)14(8)16)15(21)18-7-11(22-2)5-10(18)6-13(19)20/h3-4,10-11H,5-7H2,1-2H3,(H,19,20). The zero-order chi connectivity index (χ0) is 16.4. The molecule has 0 aromatic heterocycles. The lowest BCUT2D eigenvalue weighted by molar-refractivity contribution is -0.137. The molecule has 1 aromatic rings. The molecular weight excluding hydrogens is 374 g/mol. The maximum Gasteiger partial charge on any atom is 0.305 e. The zero-order valence-corrected chi connectivity index (χ0v) is 14.6. The first-order chi connectivity index (χ1) is 10.3. The molecule has 0 bridgehead atoms. The minimum atomic E-state index is -0.926. The van der Waals surface area contributed by atoms with Gasteiger partial charge < -0.3 is 14.7 Å². The molecule has 1 N–H and O–H groups in total. The monoisotopic (exact) mass is 389 g/mol. The third kappa shape index (κ3) is 3.62. The number of carboxylic acid groups (broad SMARTS) is 1. The van der Waals surface area contributed by atoms with E-state index in [1.807, 2.05) is 6.92 Å². The van der Waals surface area contributed by atoms with Crippen molar-refractivity contribution in [1.82, 2.24) is 4.90 Å². The van der Waals surface area contributed by atoms with Gasteiger partial charge in [0, 0.05) is 29.7 Å². The normalized spacial score (nSPS) is 21.2. The Hall–Kier alpha value is -1.11. The van der Waals surface area contributed by atoms with Crippen LogP contribution in [0.1, 0.15) is 28.8 Å². The number of ether oxygens (including phenoxy) is 1. The van der Waals surface area contributed by atoms with E-state index < -0.39 is 5.97 Å². The number of rotatable bonds is 4. The zero-order valence-electron chi connectivity index (χ0n) is 12.3. The summed E-state index contributed by atoms with van der Waals surface area (Å²) in [7, 11) is 1.57. The number of methoxy groups -OCH3 is 1. The van der Waals surface area contributed by atoms with Gasteiger partial charge in [0.1, 0.15) is 0 Å². The molecule has 2 rings (SSSR count). The largest absolute Gasteiger partial charge is 0.481 e. The SMILES string of the molecule is COC1CC(CC(=O)O)N(C(=O)c2cc(C)c(Br)c(Cl)c2)C1. The van der Waals surface area contributed by atoms with Crippen LogP contribution in [0.2, 0.25) is 5.02 Å². The second kappa shape index (κ2) is 6.98. The summed E-state index contributed by atoms with van der Waals surface area (Å²) in [6.07, 6.45) is 0.299. The van der Waals surface area contributed by atoms with E-state index in [1.165, 1.54) is 0 Å². The van der Waals surface area contributed by atoms with Crippen LogP contribution in [0.4, 0.5) is 0 Å². The van der Waals surface area contributed by atoms with Crippen molar-refractivity contribution in [3.05, 3.63) is 32.8 Å². The molecule has 1 heterocycles. The van der Waals surface area contributed by atoms with Crippen LogP contribution < -0.4 is 0 Å². The second-order valence-corrected chi connectivity index (χ2v) is 6.59. The number of nitrogens with zero attached hydrogens (tertiary/aromatic N) is 1. The fourth-order valence-corrected chi connectivity index (χ4v) is 3.20. The van der Waals surface area contributed by atoms with Crippen molar-refractivity contribution < 1.29 is 19.4 Å². The Labute approximate surface area is 142 Å². The predicted molar refractivity (Wildman–Crippen MR) is 86.4 cm³/mol. The molecule has 1 fully saturated rings. The minimum absolute atomic E-state index is 0.0885. The first kappa shape index (κ1) is 17.2. The van der Waals surface area contributed by atoms with Crippen LogP contribution in [-0.2, 0) is 9.53 Å². The van der Waals surface area contributed by atoms with E-state index in [0.29, 0.717) is 23.6 Å². The van der Waals surface area contributed by atoms with Gasteiger partial charge in [0.15, 0.2) is 0 Å². The van der Waals surface area contributed by atoms with Gasteiger partial charge in [-0.05, 0) is 47.0 Å². The summed E-state index contributed by atoms with van der Waals surface area (Å²) in [6, 6.07) is 2.98. The maximum absolute atomic E-state index is 12.7. The topological polar surface area (TPSA) is 66.8 Å². The van der Waals surface area contributed by atoms with Crippen LogP contribution in [0.25, 0.3) is 0 Å². The molecule has 7 heteroatoms. The van der Waals surface area contributed by atoms with Crippen LogP contribution in [0, 0.1) is 6.92 Å². The Morgan fingerprint density at radius 2 is 2.18 bits per heavy atom. The first-order valence-electron chi connectivity index (χ1n) is 6.84. The molecule has 0 spiro atoms. The maximum atomic E-state index is 12.7. The summed E-state index contributed by atoms with van der Waals surface area (Å²) in [5.74, 6) is -1.15. The summed E-state index contributed by atoms with van der Waals surface area (Å²) in [6.45, 7) is 2.24. The highest BCUT2D eigenvalue weighted by Crippen LogP contribution is 2.30. The number of aliphatic carboxylic acids is 1. The molecule has 2 atom stereocenters. The van der Waals surface area contributed by atoms with Gasteiger partial charge in [-0.2, -0.15) is 0 Å². The lowest BCUT2D eigenvalue weighted by Crippen LogP contribution is -2.37. The van der Waals surface area contributed by atoms with E-state index in [1.54, 1.807) is 24.1 Å². The van der Waals surface area contributed by atoms with Gasteiger partial charge in [-0.3, -0.25) is 9.59 Å². The van der Waals surface area contributed by atoms with Crippen LogP contribution >= 0.6 is 27.5 Å². The van der Waals surface area contributed by atoms with E-state index in [9.17, 15) is 9.59 Å². The Morgan fingerprint density at radius 3 is 2.73 bits per heavy atom. The van der Waals surface area contributed by atoms with Crippen molar-refractivity contribution in [2.24, 2.45) is 0 Å². The number of benzene rings is 1. The van der Waals surface area contributed by atoms with Gasteiger partial charge in [-0.25, -0.2) is 0 Å². The highest BCUT2D eigenvalue weighted by molar-refractivity contribution is 9.10. The molecule has 0 aliphatic carbocycles. The van der Waals surface area contributed by atoms with E-state index in [4.69, 9.17) is 21.4 Å². The molecule has 5 nitrogen and oxygen atoms in total. The Balaban J connectivity index is 2.28. The molecule has 2 unspecified atom stereocenters. The number of hydrogen-bond acceptors (Lipinski definition) is 3. The summed E-state index contributed by atoms with van der Waals surface area (Å²) >= 11 is 9.47. The molecule has 0 saturated carbocycles. The Bertz CT molecular complexity index is 584. The summed E-state index contributed by atoms with van der Waals surface area (Å²) in [4.78, 5) is 25.3. The molecule has 1 saturated heterocycles. The average molecular weight is 391 g/mol. The van der Waals surface area contributed by atoms with Crippen LogP contribution in [0.5, 0.6) is 0 Å². The summed E-state index contributed by atoms with van der Waals surface area (Å²) in [5, 5.41) is 9.48. The summed E-state index contributed by atoms with van der Waals surface area (Å²) < 4.78 is 6.04. The molecule has 1 aliphatic rings. The summed E-state index contributed by atoms with van der Waals surface area (Å²) in [5.41, 5.74) is 1.31. The second-order valence-electron chi connectivity index (χ2n) is 5.39. The van der Waals surface area contributed by atoms with E-state index in [-0.39, 0.29) is 24.5 Å². The van der Waals surface area contributed by atoms with Crippen molar-refractivity contribution in [1.29, 1.82) is 0 Å². The van der Waals surface area contributed by atoms with Gasteiger partial charge in [-0.1, -0.05) is 11.6 Å². The fraction of sp³-hybridized carbons (Fsp3) is 0.467. The van der Waals surface area contributed by atoms with Crippen molar-refractivity contribution in [2.75, 3.05) is 13.7 Å². The lowest BCUT2D eigenvalue weighted by Gasteiger charge is -2.23. The molecule has 1 amide bonds. The Kier molecular flexibility index (Phi) is 5.47. The molecule has 1 aromatic carbocycles. The van der Waals surface area contributed by atoms with Gasteiger partial charge >= 0.3 is 5.97 Å². The van der Waals surface area contributed by atoms with E-state index in [0.717, 1.165) is 10.0 Å². The number of aryl methyl sites for hydroxylation is 1. The molecular formula is C15H17BrClNO4. The van der Waals surface area contributed by atoms with Gasteiger partial charge in [0.25, 0.3) is 5.91 Å². The highest BCUT2D eigenvalue weighted by Gasteiger charge is 2.37. The average Bonchev–Trinajstić information content (AvgIpc) is 2.85. The van der Waals surface area contributed by atoms with Crippen molar-refractivity contribution >= 4 is 39.4 Å². The lowest BCUT2D eigenvalue weighted by atomic mass is 10.1. The van der Waals surface area contributed by atoms with Crippen molar-refractivity contribution in [3.8, 4) is 0 Å². The molecule has 0 radical (unpaired) electrons. The third-order valence-electron chi connectivity index (χ3n) is 3.84. The van der Waals surface area contributed by atoms with Gasteiger partial charge in [0.2, 0.25) is 0 Å². The predicted octanol–water partition coefficient (Wildman–Crippen LogP) is 3.12. The first-order valence-corrected chi connectivity index (χ1v) is 8.01. The van der Waals surface area contributed by atoms with Crippen molar-refractivity contribution in [3.63, 3.8) is 0 Å². The van der Waals surface area contributed by atoms with Crippen LogP contribution in [0.3, 0.4) is 0 Å². The van der Waals surface area contributed by atoms with Crippen LogP contribution in [-0.4, -0.2) is 47.7 Å². The quantitative estimate of drug-likeness (QED) is 0.858. The van der Waals surface area contributed by atoms with E-state index >= 15 is 0 Å². The van der Waals surface area contributed by atoms with E-state index in [2.05, 4.69) is 15.9 Å². The number of hydrogen-bond donors (Lipinski definition) is 1. The number of carbonyl (C=O) groups excluding carboxylic acids is 1. The number of halogens is 2. The Morgan fingerprint density at radius 1 is 1.50 bits per heavy atom. The minimum Gasteiger partial charge on any atom is -0.481 e. The van der Waals surface area contributed by atoms with Gasteiger partial charge in [-0.15, -0.1) is 0 Å². The van der Waals surface area contributed by atoms with Crippen molar-refractivity contribution in [2.45, 2.75) is 31.9 Å². The molecule has 22 heavy (non-hydrogen) atoms. The number of likely N-dealkylation sites (tertiary alicyclic amines) is 1. The van der Waals surface area contributed by atoms with Gasteiger partial charge in [0.05, 0.1) is 17.5 Å². The third-order valence-corrected chi connectivity index (χ3v) is 5.42.